The molecule has 1 aromatic rings. The normalized spacial score (nSPS) is 16.4. The average molecular weight is 304 g/mol. The number of Topliss-reactive ketones (excluding diaryl/α,β-unsaturated/α-hetero) is 1. The largest absolute Gasteiger partial charge is 0.481 e. The second-order valence-electron chi connectivity index (χ2n) is 4.72. The van der Waals surface area contributed by atoms with Crippen molar-refractivity contribution in [2.24, 2.45) is 0 Å². The molecule has 1 N–H and O–H groups in total. The van der Waals surface area contributed by atoms with Crippen LogP contribution in [0.4, 0.5) is 5.69 Å². The minimum atomic E-state index is -1.05. The molecular weight excluding hydrogens is 292 g/mol. The predicted molar refractivity (Wildman–Crippen MR) is 74.9 cm³/mol. The van der Waals surface area contributed by atoms with Crippen LogP contribution in [0.1, 0.15) is 12.0 Å². The quantitative estimate of drug-likeness (QED) is 0.373. The molecule has 1 fully saturated rings. The van der Waals surface area contributed by atoms with Gasteiger partial charge in [0.15, 0.2) is 0 Å². The van der Waals surface area contributed by atoms with E-state index in [0.717, 1.165) is 0 Å². The maximum atomic E-state index is 11.8. The number of nitro benzene ring substituents is 1. The number of amides is 1. The summed E-state index contributed by atoms with van der Waals surface area (Å²) in [5.74, 6) is -2.45. The highest BCUT2D eigenvalue weighted by Crippen LogP contribution is 2.19. The van der Waals surface area contributed by atoms with Gasteiger partial charge in [-0.05, 0) is 23.8 Å². The number of carboxylic acid groups (broad SMARTS) is 1. The van der Waals surface area contributed by atoms with E-state index in [4.69, 9.17) is 5.11 Å². The standard InChI is InChI=1S/C14H12N2O6/c17-12(18)5-6-15-8-10(13(19)14(15)20)7-9-1-3-11(4-2-9)16(21)22/h1-4,7H,5-6,8H2,(H,17,18). The lowest BCUT2D eigenvalue weighted by Crippen LogP contribution is -2.29. The summed E-state index contributed by atoms with van der Waals surface area (Å²) in [6.45, 7) is 0.0133. The summed E-state index contributed by atoms with van der Waals surface area (Å²) in [5.41, 5.74) is 0.727. The number of aliphatic carboxylic acids is 1. The van der Waals surface area contributed by atoms with E-state index in [1.165, 1.54) is 35.2 Å². The van der Waals surface area contributed by atoms with Gasteiger partial charge in [-0.3, -0.25) is 24.5 Å². The number of hydrogen-bond acceptors (Lipinski definition) is 5. The van der Waals surface area contributed by atoms with Crippen molar-refractivity contribution in [3.05, 3.63) is 45.5 Å². The van der Waals surface area contributed by atoms with Gasteiger partial charge >= 0.3 is 5.97 Å². The molecule has 1 aromatic carbocycles. The predicted octanol–water partition coefficient (Wildman–Crippen LogP) is 0.864. The van der Waals surface area contributed by atoms with Crippen LogP contribution in [0.2, 0.25) is 0 Å². The Labute approximate surface area is 124 Å². The molecule has 0 unspecified atom stereocenters. The summed E-state index contributed by atoms with van der Waals surface area (Å²) in [6, 6.07) is 5.55. The van der Waals surface area contributed by atoms with E-state index in [0.29, 0.717) is 5.56 Å². The van der Waals surface area contributed by atoms with Crippen LogP contribution in [0.15, 0.2) is 29.8 Å². The van der Waals surface area contributed by atoms with Crippen LogP contribution < -0.4 is 0 Å². The fourth-order valence-electron chi connectivity index (χ4n) is 2.05. The number of rotatable bonds is 5. The SMILES string of the molecule is O=C(O)CCN1CC(=Cc2ccc([N+](=O)[O-])cc2)C(=O)C1=O. The fourth-order valence-corrected chi connectivity index (χ4v) is 2.05. The van der Waals surface area contributed by atoms with Gasteiger partial charge in [-0.2, -0.15) is 0 Å². The lowest BCUT2D eigenvalue weighted by molar-refractivity contribution is -0.384. The molecule has 1 heterocycles. The molecule has 0 aliphatic carbocycles. The van der Waals surface area contributed by atoms with E-state index in [-0.39, 0.29) is 30.8 Å². The monoisotopic (exact) mass is 304 g/mol. The maximum Gasteiger partial charge on any atom is 0.305 e. The number of benzene rings is 1. The van der Waals surface area contributed by atoms with Crippen molar-refractivity contribution in [1.82, 2.24) is 4.90 Å². The van der Waals surface area contributed by atoms with Gasteiger partial charge in [-0.25, -0.2) is 0 Å². The molecule has 1 amide bonds. The van der Waals surface area contributed by atoms with E-state index in [1.54, 1.807) is 0 Å². The highest BCUT2D eigenvalue weighted by Gasteiger charge is 2.33. The average Bonchev–Trinajstić information content (AvgIpc) is 2.74. The maximum absolute atomic E-state index is 11.8. The number of carboxylic acids is 1. The van der Waals surface area contributed by atoms with E-state index >= 15 is 0 Å². The molecule has 0 saturated carbocycles. The topological polar surface area (TPSA) is 118 Å². The first-order valence-corrected chi connectivity index (χ1v) is 6.39. The van der Waals surface area contributed by atoms with Gasteiger partial charge in [-0.15, -0.1) is 0 Å². The fraction of sp³-hybridized carbons (Fsp3) is 0.214. The molecular formula is C14H12N2O6. The molecule has 8 nitrogen and oxygen atoms in total. The number of non-ortho nitro benzene ring substituents is 1. The Kier molecular flexibility index (Phi) is 4.31. The Bertz CT molecular complexity index is 677. The van der Waals surface area contributed by atoms with Gasteiger partial charge in [0.05, 0.1) is 17.9 Å². The molecule has 0 bridgehead atoms. The van der Waals surface area contributed by atoms with E-state index in [9.17, 15) is 24.5 Å². The minimum Gasteiger partial charge on any atom is -0.481 e. The van der Waals surface area contributed by atoms with Gasteiger partial charge in [0.1, 0.15) is 0 Å². The molecule has 1 aliphatic heterocycles. The van der Waals surface area contributed by atoms with Crippen molar-refractivity contribution in [3.63, 3.8) is 0 Å². The molecule has 1 saturated heterocycles. The zero-order valence-corrected chi connectivity index (χ0v) is 11.4. The van der Waals surface area contributed by atoms with Gasteiger partial charge in [-0.1, -0.05) is 0 Å². The molecule has 8 heteroatoms. The minimum absolute atomic E-state index is 0.0302. The second-order valence-corrected chi connectivity index (χ2v) is 4.72. The first-order valence-electron chi connectivity index (χ1n) is 6.39. The third kappa shape index (κ3) is 3.35. The third-order valence-electron chi connectivity index (χ3n) is 3.17. The zero-order valence-electron chi connectivity index (χ0n) is 11.4. The van der Waals surface area contributed by atoms with E-state index in [1.807, 2.05) is 0 Å². The Morgan fingerprint density at radius 2 is 1.95 bits per heavy atom. The van der Waals surface area contributed by atoms with Crippen LogP contribution in [0, 0.1) is 10.1 Å². The number of likely N-dealkylation sites (tertiary alicyclic amines) is 1. The van der Waals surface area contributed by atoms with Gasteiger partial charge in [0, 0.05) is 24.3 Å². The second kappa shape index (κ2) is 6.17. The number of nitro groups is 1. The number of carbonyl (C=O) groups excluding carboxylic acids is 2. The lowest BCUT2D eigenvalue weighted by atomic mass is 10.1. The van der Waals surface area contributed by atoms with Gasteiger partial charge in [0.25, 0.3) is 11.6 Å². The van der Waals surface area contributed by atoms with Crippen molar-refractivity contribution in [1.29, 1.82) is 0 Å². The Hall–Kier alpha value is -3.03. The summed E-state index contributed by atoms with van der Waals surface area (Å²) >= 11 is 0. The van der Waals surface area contributed by atoms with Crippen LogP contribution in [0.3, 0.4) is 0 Å². The number of nitrogens with zero attached hydrogens (tertiary/aromatic N) is 2. The molecule has 1 aliphatic rings. The summed E-state index contributed by atoms with van der Waals surface area (Å²) in [7, 11) is 0. The van der Waals surface area contributed by atoms with Crippen molar-refractivity contribution in [2.75, 3.05) is 13.1 Å². The van der Waals surface area contributed by atoms with Gasteiger partial charge in [0.2, 0.25) is 5.78 Å². The summed E-state index contributed by atoms with van der Waals surface area (Å²) in [6.07, 6.45) is 1.24. The Morgan fingerprint density at radius 3 is 2.50 bits per heavy atom. The Balaban J connectivity index is 2.14. The molecule has 114 valence electrons. The van der Waals surface area contributed by atoms with E-state index in [2.05, 4.69) is 0 Å². The van der Waals surface area contributed by atoms with Crippen LogP contribution in [0.5, 0.6) is 0 Å². The summed E-state index contributed by atoms with van der Waals surface area (Å²) in [4.78, 5) is 45.3. The van der Waals surface area contributed by atoms with Crippen molar-refractivity contribution in [3.8, 4) is 0 Å². The van der Waals surface area contributed by atoms with Crippen LogP contribution >= 0.6 is 0 Å². The molecule has 0 spiro atoms. The molecule has 0 aromatic heterocycles. The highest BCUT2D eigenvalue weighted by molar-refractivity contribution is 6.46. The molecule has 2 rings (SSSR count). The van der Waals surface area contributed by atoms with Crippen LogP contribution in [0.25, 0.3) is 6.08 Å². The van der Waals surface area contributed by atoms with Gasteiger partial charge < -0.3 is 10.0 Å². The zero-order chi connectivity index (χ0) is 16.3. The number of ketones is 1. The summed E-state index contributed by atoms with van der Waals surface area (Å²) < 4.78 is 0. The summed E-state index contributed by atoms with van der Waals surface area (Å²) in [5, 5.41) is 19.2. The first-order chi connectivity index (χ1) is 10.4. The van der Waals surface area contributed by atoms with Crippen molar-refractivity contribution < 1.29 is 24.4 Å². The number of carbonyl (C=O) groups is 3. The molecule has 0 radical (unpaired) electrons. The van der Waals surface area contributed by atoms with Crippen molar-refractivity contribution in [2.45, 2.75) is 6.42 Å². The molecule has 22 heavy (non-hydrogen) atoms. The van der Waals surface area contributed by atoms with E-state index < -0.39 is 22.6 Å². The first kappa shape index (κ1) is 15.4. The highest BCUT2D eigenvalue weighted by atomic mass is 16.6. The molecule has 0 atom stereocenters. The Morgan fingerprint density at radius 1 is 1.32 bits per heavy atom. The smallest absolute Gasteiger partial charge is 0.305 e. The van der Waals surface area contributed by atoms with Crippen LogP contribution in [-0.2, 0) is 14.4 Å². The number of hydrogen-bond donors (Lipinski definition) is 1. The third-order valence-corrected chi connectivity index (χ3v) is 3.17. The lowest BCUT2D eigenvalue weighted by Gasteiger charge is -2.11. The van der Waals surface area contributed by atoms with Crippen molar-refractivity contribution >= 4 is 29.4 Å². The van der Waals surface area contributed by atoms with Crippen LogP contribution in [-0.4, -0.2) is 45.7 Å².